The number of aliphatic imine (C=N–C) groups is 1. The standard InChI is InChI=1S/C37H39N5O7S/c1-21-7-13-24(14-8-21)33(43)46-20-28-29(48-34(44)25-15-9-22(2)10-16-25)37(4,49-35(45)26-17-11-23(3)12-18-26)30(47-28)31-39-19-27-32(50-6)40-36(38)41(5)42(27)31/h7-19,28-30,36H,20,38H2,1-6H3/t28-,29-,30+,36?,37-/m1/s1. The number of fused-ring (bicyclic) bond motifs is 1. The van der Waals surface area contributed by atoms with Gasteiger partial charge in [0.05, 0.1) is 22.9 Å². The number of hydrogen-bond donors (Lipinski definition) is 1. The Bertz CT molecular complexity index is 1930. The molecule has 3 aromatic carbocycles. The largest absolute Gasteiger partial charge is 0.459 e. The molecule has 50 heavy (non-hydrogen) atoms. The van der Waals surface area contributed by atoms with Gasteiger partial charge in [-0.3, -0.25) is 10.7 Å². The Balaban J connectivity index is 1.43. The van der Waals surface area contributed by atoms with E-state index in [0.29, 0.717) is 22.1 Å². The van der Waals surface area contributed by atoms with Crippen LogP contribution in [0.15, 0.2) is 84.0 Å². The first-order valence-corrected chi connectivity index (χ1v) is 17.3. The molecule has 0 aliphatic carbocycles. The van der Waals surface area contributed by atoms with Gasteiger partial charge in [-0.1, -0.05) is 53.1 Å². The predicted molar refractivity (Wildman–Crippen MR) is 189 cm³/mol. The summed E-state index contributed by atoms with van der Waals surface area (Å²) in [7, 11) is 1.75. The summed E-state index contributed by atoms with van der Waals surface area (Å²) in [6, 6.07) is 20.8. The van der Waals surface area contributed by atoms with E-state index in [1.54, 1.807) is 103 Å². The maximum absolute atomic E-state index is 13.9. The van der Waals surface area contributed by atoms with Gasteiger partial charge in [0.25, 0.3) is 0 Å². The van der Waals surface area contributed by atoms with Crippen molar-refractivity contribution in [1.82, 2.24) is 9.66 Å². The first kappa shape index (κ1) is 34.9. The second-order valence-electron chi connectivity index (χ2n) is 12.6. The van der Waals surface area contributed by atoms with Gasteiger partial charge in [0.15, 0.2) is 29.9 Å². The summed E-state index contributed by atoms with van der Waals surface area (Å²) in [6.45, 7) is 7.04. The molecular formula is C37H39N5O7S. The van der Waals surface area contributed by atoms with E-state index >= 15 is 0 Å². The number of hydrogen-bond acceptors (Lipinski definition) is 12. The highest BCUT2D eigenvalue weighted by Gasteiger charge is 2.61. The molecule has 4 aromatic rings. The third kappa shape index (κ3) is 6.76. The van der Waals surface area contributed by atoms with E-state index in [0.717, 1.165) is 16.7 Å². The molecule has 12 nitrogen and oxygen atoms in total. The molecular weight excluding hydrogens is 659 g/mol. The number of carbonyl (C=O) groups is 3. The number of aryl methyl sites for hydroxylation is 3. The van der Waals surface area contributed by atoms with E-state index < -0.39 is 48.1 Å². The van der Waals surface area contributed by atoms with Crippen molar-refractivity contribution in [3.05, 3.63) is 124 Å². The van der Waals surface area contributed by atoms with Crippen LogP contribution in [-0.2, 0) is 18.9 Å². The number of esters is 3. The third-order valence-electron chi connectivity index (χ3n) is 8.88. The van der Waals surface area contributed by atoms with Gasteiger partial charge < -0.3 is 18.9 Å². The lowest BCUT2D eigenvalue weighted by Crippen LogP contribution is -2.52. The van der Waals surface area contributed by atoms with E-state index in [9.17, 15) is 14.4 Å². The Labute approximate surface area is 294 Å². The highest BCUT2D eigenvalue weighted by molar-refractivity contribution is 8.13. The summed E-state index contributed by atoms with van der Waals surface area (Å²) < 4.78 is 26.7. The van der Waals surface area contributed by atoms with E-state index in [1.807, 2.05) is 27.0 Å². The van der Waals surface area contributed by atoms with Crippen LogP contribution in [0.3, 0.4) is 0 Å². The number of ether oxygens (including phenoxy) is 4. The number of benzene rings is 3. The van der Waals surface area contributed by atoms with Crippen molar-refractivity contribution in [1.29, 1.82) is 0 Å². The van der Waals surface area contributed by atoms with Gasteiger partial charge >= 0.3 is 17.9 Å². The molecule has 1 unspecified atom stereocenters. The zero-order valence-electron chi connectivity index (χ0n) is 28.7. The molecule has 1 fully saturated rings. The van der Waals surface area contributed by atoms with Crippen LogP contribution in [0.1, 0.15) is 72.3 Å². The summed E-state index contributed by atoms with van der Waals surface area (Å²) in [4.78, 5) is 50.1. The average Bonchev–Trinajstić information content (AvgIpc) is 3.65. The topological polar surface area (TPSA) is 148 Å². The van der Waals surface area contributed by atoms with Crippen LogP contribution in [0.4, 0.5) is 0 Å². The molecule has 260 valence electrons. The van der Waals surface area contributed by atoms with Crippen LogP contribution in [-0.4, -0.2) is 76.6 Å². The summed E-state index contributed by atoms with van der Waals surface area (Å²) in [6.07, 6.45) is -0.694. The monoisotopic (exact) mass is 697 g/mol. The van der Waals surface area contributed by atoms with Crippen molar-refractivity contribution in [3.63, 3.8) is 0 Å². The Kier molecular flexibility index (Phi) is 9.83. The fraction of sp³-hybridized carbons (Fsp3) is 0.324. The first-order valence-electron chi connectivity index (χ1n) is 16.0. The smallest absolute Gasteiger partial charge is 0.338 e. The Morgan fingerprint density at radius 3 is 1.92 bits per heavy atom. The van der Waals surface area contributed by atoms with Crippen molar-refractivity contribution < 1.29 is 33.3 Å². The zero-order valence-corrected chi connectivity index (χ0v) is 29.5. The lowest BCUT2D eigenvalue weighted by atomic mass is 9.91. The maximum atomic E-state index is 13.9. The number of nitrogens with two attached hydrogens (primary N) is 1. The molecule has 2 aliphatic rings. The quantitative estimate of drug-likeness (QED) is 0.199. The molecule has 2 N–H and O–H groups in total. The summed E-state index contributed by atoms with van der Waals surface area (Å²) >= 11 is 1.41. The van der Waals surface area contributed by atoms with Gasteiger partial charge in [-0.25, -0.2) is 29.0 Å². The summed E-state index contributed by atoms with van der Waals surface area (Å²) in [5, 5.41) is 2.33. The second kappa shape index (κ2) is 14.1. The lowest BCUT2D eigenvalue weighted by Gasteiger charge is -2.37. The lowest BCUT2D eigenvalue weighted by molar-refractivity contribution is -0.0911. The van der Waals surface area contributed by atoms with Crippen LogP contribution in [0, 0.1) is 20.8 Å². The van der Waals surface area contributed by atoms with E-state index in [4.69, 9.17) is 29.7 Å². The van der Waals surface area contributed by atoms with Gasteiger partial charge in [0.2, 0.25) is 0 Å². The minimum Gasteiger partial charge on any atom is -0.459 e. The molecule has 0 bridgehead atoms. The van der Waals surface area contributed by atoms with Crippen molar-refractivity contribution in [2.24, 2.45) is 10.7 Å². The Morgan fingerprint density at radius 2 is 1.38 bits per heavy atom. The molecule has 1 saturated heterocycles. The van der Waals surface area contributed by atoms with E-state index in [1.165, 1.54) is 11.8 Å². The SMILES string of the molecule is CSC1=NC(N)N(C)n2c1cnc2[C@@H]1O[C@H](COC(=O)c2ccc(C)cc2)[C@@H](OC(=O)c2ccc(C)cc2)[C@@]1(C)OC(=O)c1ccc(C)cc1. The first-order chi connectivity index (χ1) is 23.9. The Morgan fingerprint density at radius 1 is 0.860 bits per heavy atom. The summed E-state index contributed by atoms with van der Waals surface area (Å²) in [5.41, 5.74) is 9.17. The van der Waals surface area contributed by atoms with Crippen molar-refractivity contribution in [2.45, 2.75) is 57.9 Å². The second-order valence-corrected chi connectivity index (χ2v) is 13.4. The molecule has 6 rings (SSSR count). The third-order valence-corrected chi connectivity index (χ3v) is 9.58. The molecule has 1 aromatic heterocycles. The highest BCUT2D eigenvalue weighted by atomic mass is 32.2. The maximum Gasteiger partial charge on any atom is 0.338 e. The number of rotatable bonds is 8. The average molecular weight is 698 g/mol. The number of nitrogens with zero attached hydrogens (tertiary/aromatic N) is 4. The van der Waals surface area contributed by atoms with Crippen LogP contribution < -0.4 is 10.7 Å². The molecule has 0 radical (unpaired) electrons. The molecule has 0 amide bonds. The van der Waals surface area contributed by atoms with Gasteiger partial charge in [0, 0.05) is 7.05 Å². The van der Waals surface area contributed by atoms with Crippen LogP contribution >= 0.6 is 11.8 Å². The van der Waals surface area contributed by atoms with Gasteiger partial charge in [-0.05, 0) is 70.3 Å². The Hall–Kier alpha value is -4.98. The zero-order chi connectivity index (χ0) is 35.7. The number of thioether (sulfide) groups is 1. The van der Waals surface area contributed by atoms with Gasteiger partial charge in [-0.2, -0.15) is 0 Å². The normalized spacial score (nSPS) is 22.8. The molecule has 0 saturated carbocycles. The van der Waals surface area contributed by atoms with Gasteiger partial charge in [-0.15, -0.1) is 11.8 Å². The minimum absolute atomic E-state index is 0.284. The predicted octanol–water partition coefficient (Wildman–Crippen LogP) is 4.88. The molecule has 3 heterocycles. The number of aromatic nitrogens is 2. The van der Waals surface area contributed by atoms with Crippen LogP contribution in [0.25, 0.3) is 0 Å². The number of carbonyl (C=O) groups excluding carboxylic acids is 3. The number of imidazole rings is 1. The van der Waals surface area contributed by atoms with Gasteiger partial charge in [0.1, 0.15) is 23.4 Å². The minimum atomic E-state index is -1.69. The van der Waals surface area contributed by atoms with E-state index in [-0.39, 0.29) is 17.7 Å². The molecule has 5 atom stereocenters. The van der Waals surface area contributed by atoms with Crippen LogP contribution in [0.5, 0.6) is 0 Å². The molecule has 13 heteroatoms. The van der Waals surface area contributed by atoms with Crippen molar-refractivity contribution in [2.75, 3.05) is 24.9 Å². The summed E-state index contributed by atoms with van der Waals surface area (Å²) in [5.74, 6) is -1.62. The van der Waals surface area contributed by atoms with E-state index in [2.05, 4.69) is 4.99 Å². The molecule has 0 spiro atoms. The molecule has 2 aliphatic heterocycles. The van der Waals surface area contributed by atoms with Crippen molar-refractivity contribution >= 4 is 34.7 Å². The fourth-order valence-corrected chi connectivity index (χ4v) is 6.52. The van der Waals surface area contributed by atoms with Crippen LogP contribution in [0.2, 0.25) is 0 Å². The van der Waals surface area contributed by atoms with Crippen molar-refractivity contribution in [3.8, 4) is 0 Å². The fourth-order valence-electron chi connectivity index (χ4n) is 5.96. The highest BCUT2D eigenvalue weighted by Crippen LogP contribution is 2.47.